The van der Waals surface area contributed by atoms with Crippen LogP contribution in [0.2, 0.25) is 8.86 Å². The third-order valence-corrected chi connectivity index (χ3v) is 12.7. The fraction of sp³-hybridized carbons (Fsp3) is 0.500. The molecule has 2 rings (SSSR count). The molecule has 1 aliphatic rings. The molecule has 1 atom stereocenters. The molecular weight excluding hydrogens is 249 g/mol. The molecule has 62 valence electrons. The summed E-state index contributed by atoms with van der Waals surface area (Å²) in [6.45, 7) is 0. The molecule has 0 saturated carbocycles. The van der Waals surface area contributed by atoms with E-state index in [1.165, 1.54) is 18.4 Å². The van der Waals surface area contributed by atoms with E-state index < -0.39 is 21.4 Å². The van der Waals surface area contributed by atoms with Crippen LogP contribution in [0.5, 0.6) is 0 Å². The Kier molecular flexibility index (Phi) is 2.74. The first-order chi connectivity index (χ1) is 5.88. The molecule has 1 saturated heterocycles. The Morgan fingerprint density at radius 1 is 1.58 bits per heavy atom. The first-order valence-electron chi connectivity index (χ1n) is 4.78. The van der Waals surface area contributed by atoms with Crippen LogP contribution in [0.4, 0.5) is 0 Å². The minimum atomic E-state index is -1.09. The van der Waals surface area contributed by atoms with E-state index in [1.54, 1.807) is 4.18 Å². The van der Waals surface area contributed by atoms with Gasteiger partial charge in [-0.2, -0.15) is 0 Å². The third-order valence-electron chi connectivity index (χ3n) is 2.97. The van der Waals surface area contributed by atoms with Crippen LogP contribution < -0.4 is 0 Å². The predicted octanol–water partition coefficient (Wildman–Crippen LogP) is 2.62. The third kappa shape index (κ3) is 1.68. The molecule has 0 aliphatic carbocycles. The van der Waals surface area contributed by atoms with E-state index in [2.05, 4.69) is 28.0 Å². The van der Waals surface area contributed by atoms with Crippen molar-refractivity contribution in [1.29, 1.82) is 0 Å². The van der Waals surface area contributed by atoms with Crippen LogP contribution in [-0.2, 0) is 0 Å². The number of nitrogens with zero attached hydrogens (tertiary/aromatic N) is 1. The van der Waals surface area contributed by atoms with Crippen molar-refractivity contribution in [1.82, 2.24) is 4.98 Å². The van der Waals surface area contributed by atoms with Crippen LogP contribution in [0.15, 0.2) is 24.5 Å². The monoisotopic (exact) mass is 263 g/mol. The second-order valence-electron chi connectivity index (χ2n) is 3.80. The van der Waals surface area contributed by atoms with Gasteiger partial charge in [-0.05, 0) is 0 Å². The summed E-state index contributed by atoms with van der Waals surface area (Å²) < 4.78 is 5.15. The zero-order valence-electron chi connectivity index (χ0n) is 7.53. The van der Waals surface area contributed by atoms with Crippen LogP contribution in [-0.4, -0.2) is 26.4 Å². The molecule has 2 heterocycles. The van der Waals surface area contributed by atoms with Crippen molar-refractivity contribution in [2.75, 3.05) is 0 Å². The van der Waals surface area contributed by atoms with Crippen molar-refractivity contribution in [3.63, 3.8) is 0 Å². The van der Waals surface area contributed by atoms with E-state index in [0.717, 1.165) is 3.67 Å². The summed E-state index contributed by atoms with van der Waals surface area (Å²) in [5, 5.41) is 0. The molecule has 1 aliphatic heterocycles. The van der Waals surface area contributed by atoms with Crippen molar-refractivity contribution >= 4 is 21.4 Å². The van der Waals surface area contributed by atoms with Crippen molar-refractivity contribution in [2.45, 2.75) is 25.4 Å². The second kappa shape index (κ2) is 3.82. The molecule has 1 aromatic rings. The standard InChI is InChI=1S/C9H11N.CH3.In/c1-2-3-5-9-6-4-7-10-8-9;;/h4-8H,1-3H2;1H3;. The van der Waals surface area contributed by atoms with Crippen LogP contribution in [0.1, 0.15) is 22.1 Å². The van der Waals surface area contributed by atoms with Crippen LogP contribution in [0.25, 0.3) is 0 Å². The van der Waals surface area contributed by atoms with Crippen LogP contribution in [0.3, 0.4) is 0 Å². The Morgan fingerprint density at radius 3 is 3.08 bits per heavy atom. The number of hydrogen-bond acceptors (Lipinski definition) is 1. The fourth-order valence-electron chi connectivity index (χ4n) is 2.24. The molecule has 1 nitrogen and oxygen atoms in total. The molecule has 1 aromatic heterocycles. The van der Waals surface area contributed by atoms with Crippen LogP contribution >= 0.6 is 0 Å². The Morgan fingerprint density at radius 2 is 2.50 bits per heavy atom. The number of hydrogen-bond donors (Lipinski definition) is 0. The van der Waals surface area contributed by atoms with Crippen molar-refractivity contribution in [2.24, 2.45) is 0 Å². The number of rotatable bonds is 1. The Labute approximate surface area is 81.7 Å². The summed E-state index contributed by atoms with van der Waals surface area (Å²) in [5.74, 6) is 0. The maximum absolute atomic E-state index is 4.20. The van der Waals surface area contributed by atoms with Gasteiger partial charge in [0.15, 0.2) is 0 Å². The summed E-state index contributed by atoms with van der Waals surface area (Å²) in [6, 6.07) is 4.34. The van der Waals surface area contributed by atoms with Gasteiger partial charge in [-0.3, -0.25) is 0 Å². The number of pyridine rings is 1. The van der Waals surface area contributed by atoms with Gasteiger partial charge in [-0.25, -0.2) is 0 Å². The van der Waals surface area contributed by atoms with Gasteiger partial charge >= 0.3 is 81.9 Å². The molecule has 0 amide bonds. The zero-order chi connectivity index (χ0) is 8.39. The molecule has 0 unspecified atom stereocenters. The predicted molar refractivity (Wildman–Crippen MR) is 52.6 cm³/mol. The molecule has 0 spiro atoms. The van der Waals surface area contributed by atoms with Gasteiger partial charge in [0.1, 0.15) is 0 Å². The molecule has 1 fully saturated rings. The van der Waals surface area contributed by atoms with Gasteiger partial charge in [-0.1, -0.05) is 0 Å². The van der Waals surface area contributed by atoms with E-state index in [4.69, 9.17) is 0 Å². The quantitative estimate of drug-likeness (QED) is 0.759. The van der Waals surface area contributed by atoms with Gasteiger partial charge in [0, 0.05) is 0 Å². The fourth-order valence-corrected chi connectivity index (χ4v) is 10.6. The summed E-state index contributed by atoms with van der Waals surface area (Å²) in [6.07, 6.45) is 6.88. The van der Waals surface area contributed by atoms with Gasteiger partial charge in [-0.15, -0.1) is 0 Å². The van der Waals surface area contributed by atoms with E-state index in [-0.39, 0.29) is 0 Å². The first kappa shape index (κ1) is 8.61. The maximum atomic E-state index is 4.20. The summed E-state index contributed by atoms with van der Waals surface area (Å²) in [4.78, 5) is 4.20. The van der Waals surface area contributed by atoms with E-state index in [0.29, 0.717) is 0 Å². The second-order valence-corrected chi connectivity index (χ2v) is 13.3. The summed E-state index contributed by atoms with van der Waals surface area (Å²) in [7, 11) is 0. The van der Waals surface area contributed by atoms with Gasteiger partial charge < -0.3 is 0 Å². The summed E-state index contributed by atoms with van der Waals surface area (Å²) in [5.41, 5.74) is 1.53. The Balaban J connectivity index is 2.19. The first-order valence-corrected chi connectivity index (χ1v) is 12.3. The Hall–Kier alpha value is 0.0201. The van der Waals surface area contributed by atoms with E-state index >= 15 is 0 Å². The average Bonchev–Trinajstić information content (AvgIpc) is 2.53. The zero-order valence-corrected chi connectivity index (χ0v) is 10.8. The molecule has 0 N–H and O–H groups in total. The van der Waals surface area contributed by atoms with Crippen molar-refractivity contribution < 1.29 is 0 Å². The molecule has 0 radical (unpaired) electrons. The Bertz CT molecular complexity index is 247. The van der Waals surface area contributed by atoms with Gasteiger partial charge in [0.2, 0.25) is 0 Å². The van der Waals surface area contributed by atoms with Gasteiger partial charge in [0.05, 0.1) is 0 Å². The van der Waals surface area contributed by atoms with Gasteiger partial charge in [0.25, 0.3) is 0 Å². The summed E-state index contributed by atoms with van der Waals surface area (Å²) >= 11 is -1.09. The number of aromatic nitrogens is 1. The molecule has 12 heavy (non-hydrogen) atoms. The topological polar surface area (TPSA) is 12.9 Å². The van der Waals surface area contributed by atoms with Crippen molar-refractivity contribution in [3.05, 3.63) is 30.1 Å². The van der Waals surface area contributed by atoms with Crippen LogP contribution in [0, 0.1) is 0 Å². The van der Waals surface area contributed by atoms with E-state index in [9.17, 15) is 0 Å². The normalized spacial score (nSPS) is 23.1. The SMILES string of the molecule is [CH3][In]1[CH2]CC[C@H]1c1cccnc1. The molecule has 0 aromatic carbocycles. The van der Waals surface area contributed by atoms with Crippen molar-refractivity contribution in [3.8, 4) is 0 Å². The molecule has 0 bridgehead atoms. The van der Waals surface area contributed by atoms with E-state index in [1.807, 2.05) is 6.20 Å². The average molecular weight is 263 g/mol. The minimum absolute atomic E-state index is 0.987. The molecular formula is C10H14InN. The molecule has 2 heteroatoms.